The lowest BCUT2D eigenvalue weighted by molar-refractivity contribution is -0.122. The van der Waals surface area contributed by atoms with Crippen LogP contribution in [0.5, 0.6) is 0 Å². The molecule has 0 fully saturated rings. The molecule has 5 heteroatoms. The van der Waals surface area contributed by atoms with Crippen LogP contribution in [0, 0.1) is 5.82 Å². The lowest BCUT2D eigenvalue weighted by Gasteiger charge is -2.14. The predicted octanol–water partition coefficient (Wildman–Crippen LogP) is 4.42. The molecule has 0 bridgehead atoms. The third kappa shape index (κ3) is 3.29. The van der Waals surface area contributed by atoms with Gasteiger partial charge in [-0.05, 0) is 49.1 Å². The number of thiophene rings is 1. The highest BCUT2D eigenvalue weighted by Gasteiger charge is 2.15. The molecule has 0 aliphatic heterocycles. The molecular weight excluding hydrogens is 311 g/mol. The second kappa shape index (κ2) is 6.54. The van der Waals surface area contributed by atoms with Gasteiger partial charge in [0.15, 0.2) is 0 Å². The molecule has 0 saturated carbocycles. The summed E-state index contributed by atoms with van der Waals surface area (Å²) in [4.78, 5) is 13.4. The number of hydrogen-bond donors (Lipinski definition) is 1. The zero-order valence-corrected chi connectivity index (χ0v) is 14.0. The normalized spacial score (nSPS) is 12.5. The smallest absolute Gasteiger partial charge is 0.240 e. The van der Waals surface area contributed by atoms with E-state index in [0.717, 1.165) is 27.9 Å². The van der Waals surface area contributed by atoms with Gasteiger partial charge in [0.25, 0.3) is 0 Å². The maximum absolute atomic E-state index is 13.5. The number of halogens is 1. The summed E-state index contributed by atoms with van der Waals surface area (Å²) in [5, 5.41) is 5.79. The molecule has 0 aliphatic carbocycles. The van der Waals surface area contributed by atoms with Crippen molar-refractivity contribution in [2.45, 2.75) is 32.9 Å². The topological polar surface area (TPSA) is 34.0 Å². The Balaban J connectivity index is 2.02. The van der Waals surface area contributed by atoms with E-state index < -0.39 is 0 Å². The fourth-order valence-corrected chi connectivity index (χ4v) is 3.36. The zero-order chi connectivity index (χ0) is 16.4. The summed E-state index contributed by atoms with van der Waals surface area (Å²) in [6, 6.07) is 10.8. The van der Waals surface area contributed by atoms with Gasteiger partial charge in [-0.25, -0.2) is 4.39 Å². The summed E-state index contributed by atoms with van der Waals surface area (Å²) in [5.41, 5.74) is 1.81. The summed E-state index contributed by atoms with van der Waals surface area (Å²) in [6.07, 6.45) is 0.890. The van der Waals surface area contributed by atoms with E-state index in [1.807, 2.05) is 42.0 Å². The first kappa shape index (κ1) is 15.7. The summed E-state index contributed by atoms with van der Waals surface area (Å²) in [5.74, 6) is -0.296. The van der Waals surface area contributed by atoms with Crippen LogP contribution in [-0.4, -0.2) is 16.5 Å². The van der Waals surface area contributed by atoms with Gasteiger partial charge in [0, 0.05) is 16.9 Å². The van der Waals surface area contributed by atoms with Crippen LogP contribution in [0.15, 0.2) is 41.8 Å². The van der Waals surface area contributed by atoms with Gasteiger partial charge < -0.3 is 9.88 Å². The van der Waals surface area contributed by atoms with Crippen LogP contribution in [0.25, 0.3) is 21.5 Å². The number of rotatable bonds is 5. The Labute approximate surface area is 138 Å². The SMILES string of the molecule is CC[C@@H](C)NC(=O)Cn1c(-c2cccs2)cc2cc(F)ccc21. The number of hydrogen-bond acceptors (Lipinski definition) is 2. The number of aromatic nitrogens is 1. The maximum Gasteiger partial charge on any atom is 0.240 e. The number of benzene rings is 1. The van der Waals surface area contributed by atoms with Crippen molar-refractivity contribution in [1.82, 2.24) is 9.88 Å². The average molecular weight is 330 g/mol. The number of carbonyl (C=O) groups excluding carboxylic acids is 1. The number of amides is 1. The van der Waals surface area contributed by atoms with Gasteiger partial charge in [0.05, 0.1) is 10.6 Å². The van der Waals surface area contributed by atoms with E-state index in [1.165, 1.54) is 12.1 Å². The summed E-state index contributed by atoms with van der Waals surface area (Å²) >= 11 is 1.61. The molecule has 3 aromatic rings. The van der Waals surface area contributed by atoms with Crippen molar-refractivity contribution >= 4 is 28.1 Å². The predicted molar refractivity (Wildman–Crippen MR) is 93.1 cm³/mol. The van der Waals surface area contributed by atoms with Crippen LogP contribution >= 0.6 is 11.3 Å². The van der Waals surface area contributed by atoms with Gasteiger partial charge in [0.2, 0.25) is 5.91 Å². The van der Waals surface area contributed by atoms with Crippen molar-refractivity contribution < 1.29 is 9.18 Å². The van der Waals surface area contributed by atoms with Crippen LogP contribution in [0.2, 0.25) is 0 Å². The lowest BCUT2D eigenvalue weighted by Crippen LogP contribution is -2.34. The Kier molecular flexibility index (Phi) is 4.48. The van der Waals surface area contributed by atoms with Crippen molar-refractivity contribution in [1.29, 1.82) is 0 Å². The quantitative estimate of drug-likeness (QED) is 0.738. The van der Waals surface area contributed by atoms with Gasteiger partial charge in [-0.2, -0.15) is 0 Å². The van der Waals surface area contributed by atoms with Gasteiger partial charge in [-0.15, -0.1) is 11.3 Å². The van der Waals surface area contributed by atoms with E-state index >= 15 is 0 Å². The van der Waals surface area contributed by atoms with E-state index in [0.29, 0.717) is 0 Å². The molecule has 120 valence electrons. The highest BCUT2D eigenvalue weighted by Crippen LogP contribution is 2.31. The molecule has 3 rings (SSSR count). The molecule has 0 radical (unpaired) electrons. The number of carbonyl (C=O) groups is 1. The average Bonchev–Trinajstić information content (AvgIpc) is 3.14. The van der Waals surface area contributed by atoms with Crippen molar-refractivity contribution in [2.75, 3.05) is 0 Å². The van der Waals surface area contributed by atoms with E-state index in [-0.39, 0.29) is 24.3 Å². The summed E-state index contributed by atoms with van der Waals surface area (Å²) in [7, 11) is 0. The van der Waals surface area contributed by atoms with Gasteiger partial charge in [-0.3, -0.25) is 4.79 Å². The van der Waals surface area contributed by atoms with Crippen LogP contribution in [0.1, 0.15) is 20.3 Å². The molecule has 2 aromatic heterocycles. The molecule has 0 spiro atoms. The Morgan fingerprint density at radius 1 is 1.35 bits per heavy atom. The molecule has 1 aromatic carbocycles. The lowest BCUT2D eigenvalue weighted by atomic mass is 10.2. The fourth-order valence-electron chi connectivity index (χ4n) is 2.61. The van der Waals surface area contributed by atoms with Gasteiger partial charge >= 0.3 is 0 Å². The van der Waals surface area contributed by atoms with Crippen LogP contribution in [-0.2, 0) is 11.3 Å². The van der Waals surface area contributed by atoms with Crippen LogP contribution in [0.4, 0.5) is 4.39 Å². The minimum Gasteiger partial charge on any atom is -0.352 e. The van der Waals surface area contributed by atoms with Crippen molar-refractivity contribution in [3.05, 3.63) is 47.6 Å². The van der Waals surface area contributed by atoms with Crippen molar-refractivity contribution in [2.24, 2.45) is 0 Å². The molecular formula is C18H19FN2OS. The first-order chi connectivity index (χ1) is 11.1. The molecule has 0 aliphatic rings. The molecule has 1 atom stereocenters. The van der Waals surface area contributed by atoms with E-state index in [9.17, 15) is 9.18 Å². The monoisotopic (exact) mass is 330 g/mol. The largest absolute Gasteiger partial charge is 0.352 e. The van der Waals surface area contributed by atoms with Crippen molar-refractivity contribution in [3.63, 3.8) is 0 Å². The molecule has 1 N–H and O–H groups in total. The summed E-state index contributed by atoms with van der Waals surface area (Å²) < 4.78 is 15.5. The third-order valence-electron chi connectivity index (χ3n) is 3.96. The second-order valence-electron chi connectivity index (χ2n) is 5.67. The molecule has 23 heavy (non-hydrogen) atoms. The fraction of sp³-hybridized carbons (Fsp3) is 0.278. The number of nitrogens with one attached hydrogen (secondary N) is 1. The Bertz CT molecular complexity index is 823. The molecule has 1 amide bonds. The highest BCUT2D eigenvalue weighted by atomic mass is 32.1. The van der Waals surface area contributed by atoms with Gasteiger partial charge in [0.1, 0.15) is 12.4 Å². The molecule has 3 nitrogen and oxygen atoms in total. The zero-order valence-electron chi connectivity index (χ0n) is 13.2. The van der Waals surface area contributed by atoms with Crippen LogP contribution in [0.3, 0.4) is 0 Å². The molecule has 0 unspecified atom stereocenters. The second-order valence-corrected chi connectivity index (χ2v) is 6.62. The maximum atomic E-state index is 13.5. The Morgan fingerprint density at radius 3 is 2.87 bits per heavy atom. The first-order valence-electron chi connectivity index (χ1n) is 7.70. The third-order valence-corrected chi connectivity index (χ3v) is 4.85. The van der Waals surface area contributed by atoms with Crippen LogP contribution < -0.4 is 5.32 Å². The van der Waals surface area contributed by atoms with E-state index in [1.54, 1.807) is 17.4 Å². The Morgan fingerprint density at radius 2 is 2.17 bits per heavy atom. The Hall–Kier alpha value is -2.14. The number of nitrogens with zero attached hydrogens (tertiary/aromatic N) is 1. The minimum atomic E-state index is -0.267. The van der Waals surface area contributed by atoms with E-state index in [2.05, 4.69) is 5.32 Å². The van der Waals surface area contributed by atoms with E-state index in [4.69, 9.17) is 0 Å². The van der Waals surface area contributed by atoms with Crippen molar-refractivity contribution in [3.8, 4) is 10.6 Å². The highest BCUT2D eigenvalue weighted by molar-refractivity contribution is 7.13. The molecule has 2 heterocycles. The summed E-state index contributed by atoms with van der Waals surface area (Å²) in [6.45, 7) is 4.25. The minimum absolute atomic E-state index is 0.0287. The molecule has 0 saturated heterocycles. The number of fused-ring (bicyclic) bond motifs is 1. The standard InChI is InChI=1S/C18H19FN2OS/c1-3-12(2)20-18(22)11-21-15-7-6-14(19)9-13(15)10-16(21)17-5-4-8-23-17/h4-10,12H,3,11H2,1-2H3,(H,20,22)/t12-/m1/s1. The first-order valence-corrected chi connectivity index (χ1v) is 8.58. The van der Waals surface area contributed by atoms with Gasteiger partial charge in [-0.1, -0.05) is 13.0 Å².